The van der Waals surface area contributed by atoms with Crippen molar-refractivity contribution >= 4 is 44.9 Å². The first-order valence-electron chi connectivity index (χ1n) is 12.2. The van der Waals surface area contributed by atoms with Crippen molar-refractivity contribution in [3.8, 4) is 11.5 Å². The number of hydrogen-bond acceptors (Lipinski definition) is 7. The summed E-state index contributed by atoms with van der Waals surface area (Å²) in [6.07, 6.45) is 3.12. The molecule has 1 aliphatic rings. The molecule has 9 heteroatoms. The molecular weight excluding hydrogens is 512 g/mol. The van der Waals surface area contributed by atoms with Crippen molar-refractivity contribution in [2.24, 2.45) is 0 Å². The van der Waals surface area contributed by atoms with Gasteiger partial charge < -0.3 is 13.9 Å². The summed E-state index contributed by atoms with van der Waals surface area (Å²) in [5.74, 6) is 0.724. The van der Waals surface area contributed by atoms with E-state index in [1.54, 1.807) is 25.3 Å². The van der Waals surface area contributed by atoms with Crippen molar-refractivity contribution in [2.45, 2.75) is 46.1 Å². The molecule has 37 heavy (non-hydrogen) atoms. The van der Waals surface area contributed by atoms with Gasteiger partial charge in [-0.2, -0.15) is 0 Å². The lowest BCUT2D eigenvalue weighted by atomic mass is 9.98. The van der Waals surface area contributed by atoms with Gasteiger partial charge in [0.05, 0.1) is 36.4 Å². The smallest absolute Gasteiger partial charge is 0.297 e. The lowest BCUT2D eigenvalue weighted by molar-refractivity contribution is 0.0971. The molecule has 0 N–H and O–H groups in total. The monoisotopic (exact) mass is 538 g/mol. The molecule has 4 aromatic rings. The summed E-state index contributed by atoms with van der Waals surface area (Å²) in [5, 5.41) is 1.23. The topological polar surface area (TPSA) is 81.9 Å². The van der Waals surface area contributed by atoms with Crippen LogP contribution in [-0.2, 0) is 0 Å². The van der Waals surface area contributed by atoms with Crippen LogP contribution in [0.15, 0.2) is 45.6 Å². The first kappa shape index (κ1) is 25.3. The quantitative estimate of drug-likeness (QED) is 0.228. The second-order valence-corrected chi connectivity index (χ2v) is 10.6. The maximum Gasteiger partial charge on any atom is 0.297 e. The average Bonchev–Trinajstić information content (AvgIpc) is 3.37. The molecule has 1 atom stereocenters. The number of aromatic nitrogens is 1. The fourth-order valence-corrected chi connectivity index (χ4v) is 5.63. The molecule has 0 radical (unpaired) electrons. The van der Waals surface area contributed by atoms with E-state index in [9.17, 15) is 9.59 Å². The Kier molecular flexibility index (Phi) is 6.96. The summed E-state index contributed by atoms with van der Waals surface area (Å²) in [5.41, 5.74) is 1.77. The minimum absolute atomic E-state index is 0.00851. The Bertz CT molecular complexity index is 1540. The molecule has 7 nitrogen and oxygen atoms in total. The van der Waals surface area contributed by atoms with Gasteiger partial charge in [0.1, 0.15) is 5.58 Å². The number of benzene rings is 2. The van der Waals surface area contributed by atoms with Gasteiger partial charge in [0.15, 0.2) is 22.1 Å². The number of unbranched alkanes of at least 4 members (excludes halogenated alkanes) is 2. The standard InChI is InChI=1S/C28H27ClN2O5S/c1-5-6-7-12-35-21-10-8-17(13-22(21)34-4)24-23-25(32)19-14-18(29)9-11-20(19)36-26(23)27(33)31(24)28-30-15(2)16(3)37-28/h8-11,13-14,24H,5-7,12H2,1-4H3. The summed E-state index contributed by atoms with van der Waals surface area (Å²) in [4.78, 5) is 34.7. The lowest BCUT2D eigenvalue weighted by Gasteiger charge is -2.23. The van der Waals surface area contributed by atoms with Crippen LogP contribution in [0.2, 0.25) is 5.02 Å². The number of amides is 1. The Morgan fingerprint density at radius 2 is 1.92 bits per heavy atom. The number of fused-ring (bicyclic) bond motifs is 2. The molecule has 0 saturated heterocycles. The fourth-order valence-electron chi connectivity index (χ4n) is 4.52. The number of methoxy groups -OCH3 is 1. The molecule has 0 spiro atoms. The van der Waals surface area contributed by atoms with E-state index in [1.807, 2.05) is 32.0 Å². The highest BCUT2D eigenvalue weighted by Gasteiger charge is 2.45. The van der Waals surface area contributed by atoms with Crippen LogP contribution in [0, 0.1) is 13.8 Å². The van der Waals surface area contributed by atoms with Crippen LogP contribution in [0.1, 0.15) is 64.5 Å². The van der Waals surface area contributed by atoms with Gasteiger partial charge in [-0.1, -0.05) is 37.4 Å². The minimum atomic E-state index is -0.755. The number of carbonyl (C=O) groups excluding carboxylic acids is 1. The van der Waals surface area contributed by atoms with E-state index >= 15 is 0 Å². The van der Waals surface area contributed by atoms with Crippen molar-refractivity contribution in [2.75, 3.05) is 18.6 Å². The van der Waals surface area contributed by atoms with Gasteiger partial charge in [0.25, 0.3) is 5.91 Å². The normalized spacial score (nSPS) is 14.9. The maximum absolute atomic E-state index is 13.8. The molecule has 5 rings (SSSR count). The molecule has 0 saturated carbocycles. The number of halogens is 1. The van der Waals surface area contributed by atoms with Gasteiger partial charge in [-0.05, 0) is 56.2 Å². The number of carbonyl (C=O) groups is 1. The molecule has 0 bridgehead atoms. The van der Waals surface area contributed by atoms with E-state index in [0.29, 0.717) is 44.8 Å². The van der Waals surface area contributed by atoms with Crippen molar-refractivity contribution in [3.63, 3.8) is 0 Å². The predicted octanol–water partition coefficient (Wildman–Crippen LogP) is 6.85. The van der Waals surface area contributed by atoms with Crippen LogP contribution in [0.25, 0.3) is 11.0 Å². The maximum atomic E-state index is 13.8. The number of ether oxygens (including phenoxy) is 2. The molecule has 1 amide bonds. The van der Waals surface area contributed by atoms with Crippen molar-refractivity contribution < 1.29 is 18.7 Å². The second kappa shape index (κ2) is 10.2. The second-order valence-electron chi connectivity index (χ2n) is 9.00. The van der Waals surface area contributed by atoms with Gasteiger partial charge in [0.2, 0.25) is 5.76 Å². The third kappa shape index (κ3) is 4.49. The zero-order chi connectivity index (χ0) is 26.3. The SMILES string of the molecule is CCCCCOc1ccc(C2c3c(oc4ccc(Cl)cc4c3=O)C(=O)N2c2nc(C)c(C)s2)cc1OC. The summed E-state index contributed by atoms with van der Waals surface area (Å²) in [7, 11) is 1.57. The first-order valence-corrected chi connectivity index (χ1v) is 13.4. The third-order valence-electron chi connectivity index (χ3n) is 6.56. The highest BCUT2D eigenvalue weighted by atomic mass is 35.5. The molecule has 2 aromatic carbocycles. The lowest BCUT2D eigenvalue weighted by Crippen LogP contribution is -2.29. The van der Waals surface area contributed by atoms with Gasteiger partial charge in [-0.3, -0.25) is 14.5 Å². The summed E-state index contributed by atoms with van der Waals surface area (Å²) in [6.45, 7) is 6.56. The fraction of sp³-hybridized carbons (Fsp3) is 0.321. The first-order chi connectivity index (χ1) is 17.8. The Morgan fingerprint density at radius 3 is 2.62 bits per heavy atom. The van der Waals surface area contributed by atoms with Crippen LogP contribution in [-0.4, -0.2) is 24.6 Å². The summed E-state index contributed by atoms with van der Waals surface area (Å²) < 4.78 is 17.6. The molecule has 1 unspecified atom stereocenters. The third-order valence-corrected chi connectivity index (χ3v) is 7.87. The van der Waals surface area contributed by atoms with Crippen LogP contribution >= 0.6 is 22.9 Å². The predicted molar refractivity (Wildman–Crippen MR) is 146 cm³/mol. The van der Waals surface area contributed by atoms with E-state index in [2.05, 4.69) is 11.9 Å². The van der Waals surface area contributed by atoms with E-state index in [1.165, 1.54) is 16.2 Å². The largest absolute Gasteiger partial charge is 0.493 e. The van der Waals surface area contributed by atoms with E-state index in [4.69, 9.17) is 25.5 Å². The summed E-state index contributed by atoms with van der Waals surface area (Å²) >= 11 is 7.59. The van der Waals surface area contributed by atoms with Crippen LogP contribution in [0.5, 0.6) is 11.5 Å². The Balaban J connectivity index is 1.68. The Morgan fingerprint density at radius 1 is 1.11 bits per heavy atom. The van der Waals surface area contributed by atoms with E-state index < -0.39 is 11.9 Å². The molecule has 0 aliphatic carbocycles. The molecule has 192 valence electrons. The highest BCUT2D eigenvalue weighted by molar-refractivity contribution is 7.15. The molecule has 3 heterocycles. The summed E-state index contributed by atoms with van der Waals surface area (Å²) in [6, 6.07) is 9.53. The molecule has 0 fully saturated rings. The Hall–Kier alpha value is -3.36. The zero-order valence-corrected chi connectivity index (χ0v) is 22.7. The van der Waals surface area contributed by atoms with Crippen molar-refractivity contribution in [1.29, 1.82) is 0 Å². The van der Waals surface area contributed by atoms with Crippen LogP contribution in [0.4, 0.5) is 5.13 Å². The number of thiazole rings is 1. The number of anilines is 1. The van der Waals surface area contributed by atoms with E-state index in [0.717, 1.165) is 29.8 Å². The molecular formula is C28H27ClN2O5S. The van der Waals surface area contributed by atoms with Gasteiger partial charge in [0, 0.05) is 9.90 Å². The van der Waals surface area contributed by atoms with Gasteiger partial charge in [-0.15, -0.1) is 11.3 Å². The van der Waals surface area contributed by atoms with Gasteiger partial charge in [-0.25, -0.2) is 4.98 Å². The molecule has 2 aromatic heterocycles. The number of aryl methyl sites for hydroxylation is 2. The highest BCUT2D eigenvalue weighted by Crippen LogP contribution is 2.44. The number of hydrogen-bond donors (Lipinski definition) is 0. The van der Waals surface area contributed by atoms with Crippen LogP contribution in [0.3, 0.4) is 0 Å². The van der Waals surface area contributed by atoms with E-state index in [-0.39, 0.29) is 16.8 Å². The van der Waals surface area contributed by atoms with Gasteiger partial charge >= 0.3 is 0 Å². The van der Waals surface area contributed by atoms with Crippen molar-refractivity contribution in [3.05, 3.63) is 79.1 Å². The zero-order valence-electron chi connectivity index (χ0n) is 21.1. The Labute approximate surface area is 223 Å². The van der Waals surface area contributed by atoms with Crippen LogP contribution < -0.4 is 19.8 Å². The van der Waals surface area contributed by atoms with Crippen molar-refractivity contribution in [1.82, 2.24) is 4.98 Å². The average molecular weight is 539 g/mol. The minimum Gasteiger partial charge on any atom is -0.493 e. The number of rotatable bonds is 8. The molecule has 1 aliphatic heterocycles. The number of nitrogens with zero attached hydrogens (tertiary/aromatic N) is 2.